The Morgan fingerprint density at radius 1 is 0.350 bits per heavy atom. The van der Waals surface area contributed by atoms with E-state index in [2.05, 4.69) is 0 Å². The molecule has 4 nitrogen and oxygen atoms in total. The van der Waals surface area contributed by atoms with Crippen molar-refractivity contribution in [3.8, 4) is 0 Å². The fourth-order valence-corrected chi connectivity index (χ4v) is 4.92. The molecule has 1 saturated carbocycles. The van der Waals surface area contributed by atoms with E-state index in [4.69, 9.17) is 18.9 Å². The molecule has 0 aliphatic heterocycles. The van der Waals surface area contributed by atoms with Gasteiger partial charge >= 0.3 is 0 Å². The highest BCUT2D eigenvalue weighted by molar-refractivity contribution is 5.17. The highest BCUT2D eigenvalue weighted by Gasteiger charge is 2.54. The maximum atomic E-state index is 15.9. The Kier molecular flexibility index (Phi) is 10.0. The highest BCUT2D eigenvalue weighted by Crippen LogP contribution is 2.35. The largest absolute Gasteiger partial charge is 0.368 e. The predicted octanol–water partition coefficient (Wildman–Crippen LogP) is 7.02. The molecular formula is C34H34F2O4. The fraction of sp³-hybridized carbons (Fsp3) is 0.294. The van der Waals surface area contributed by atoms with Gasteiger partial charge < -0.3 is 18.9 Å². The van der Waals surface area contributed by atoms with Crippen LogP contribution in [0, 0.1) is 0 Å². The van der Waals surface area contributed by atoms with Crippen LogP contribution in [0.2, 0.25) is 0 Å². The second kappa shape index (κ2) is 14.3. The second-order valence-electron chi connectivity index (χ2n) is 9.93. The van der Waals surface area contributed by atoms with Gasteiger partial charge in [0.2, 0.25) is 0 Å². The van der Waals surface area contributed by atoms with Gasteiger partial charge in [0.25, 0.3) is 0 Å². The topological polar surface area (TPSA) is 36.9 Å². The Balaban J connectivity index is 1.42. The summed E-state index contributed by atoms with van der Waals surface area (Å²) in [5.41, 5.74) is 3.53. The second-order valence-corrected chi connectivity index (χ2v) is 9.93. The number of alkyl halides is 2. The van der Waals surface area contributed by atoms with E-state index in [1.165, 1.54) is 0 Å². The summed E-state index contributed by atoms with van der Waals surface area (Å²) in [5, 5.41) is 0. The van der Waals surface area contributed by atoms with Crippen LogP contribution >= 0.6 is 0 Å². The smallest absolute Gasteiger partial charge is 0.162 e. The lowest BCUT2D eigenvalue weighted by Crippen LogP contribution is -2.63. The van der Waals surface area contributed by atoms with E-state index in [1.54, 1.807) is 0 Å². The Morgan fingerprint density at radius 3 is 0.825 bits per heavy atom. The third kappa shape index (κ3) is 7.40. The van der Waals surface area contributed by atoms with Gasteiger partial charge in [0, 0.05) is 0 Å². The molecule has 4 aromatic rings. The van der Waals surface area contributed by atoms with E-state index in [-0.39, 0.29) is 26.4 Å². The van der Waals surface area contributed by atoms with Gasteiger partial charge in [0.15, 0.2) is 12.3 Å². The first-order chi connectivity index (χ1) is 19.7. The fourth-order valence-electron chi connectivity index (χ4n) is 4.92. The van der Waals surface area contributed by atoms with E-state index in [0.29, 0.717) is 0 Å². The molecule has 4 aromatic carbocycles. The third-order valence-corrected chi connectivity index (χ3v) is 7.04. The lowest BCUT2D eigenvalue weighted by molar-refractivity contribution is -0.251. The molecule has 0 bridgehead atoms. The van der Waals surface area contributed by atoms with Gasteiger partial charge in [-0.1, -0.05) is 121 Å². The standard InChI is InChI=1S/C34H34F2O4/c35-29-30(36)32(38-22-26-15-7-2-8-16-26)34(40-24-28-19-11-4-12-20-28)33(39-23-27-17-9-3-10-18-27)31(29)37-21-25-13-5-1-6-14-25/h1-20,29-34H,21-24H2/t29-,30-,31+,32+,33-,34-/m1/s1. The van der Waals surface area contributed by atoms with Gasteiger partial charge in [-0.25, -0.2) is 8.78 Å². The summed E-state index contributed by atoms with van der Waals surface area (Å²) in [7, 11) is 0. The lowest BCUT2D eigenvalue weighted by Gasteiger charge is -2.45. The normalized spacial score (nSPS) is 24.6. The van der Waals surface area contributed by atoms with Crippen LogP contribution in [0.1, 0.15) is 22.3 Å². The molecule has 208 valence electrons. The maximum Gasteiger partial charge on any atom is 0.162 e. The van der Waals surface area contributed by atoms with E-state index in [9.17, 15) is 0 Å². The van der Waals surface area contributed by atoms with Gasteiger partial charge in [0.1, 0.15) is 24.4 Å². The van der Waals surface area contributed by atoms with Crippen molar-refractivity contribution in [2.75, 3.05) is 0 Å². The number of rotatable bonds is 12. The molecule has 0 spiro atoms. The number of hydrogen-bond donors (Lipinski definition) is 0. The summed E-state index contributed by atoms with van der Waals surface area (Å²) >= 11 is 0. The first-order valence-electron chi connectivity index (χ1n) is 13.6. The van der Waals surface area contributed by atoms with Gasteiger partial charge in [-0.15, -0.1) is 0 Å². The van der Waals surface area contributed by atoms with Crippen molar-refractivity contribution in [3.05, 3.63) is 144 Å². The van der Waals surface area contributed by atoms with Crippen LogP contribution in [-0.2, 0) is 45.4 Å². The van der Waals surface area contributed by atoms with Crippen LogP contribution in [0.5, 0.6) is 0 Å². The van der Waals surface area contributed by atoms with Crippen LogP contribution in [0.15, 0.2) is 121 Å². The summed E-state index contributed by atoms with van der Waals surface area (Å²) < 4.78 is 56.6. The molecule has 6 heteroatoms. The molecule has 6 atom stereocenters. The Morgan fingerprint density at radius 2 is 0.575 bits per heavy atom. The molecule has 0 saturated heterocycles. The average Bonchev–Trinajstić information content (AvgIpc) is 3.01. The van der Waals surface area contributed by atoms with Gasteiger partial charge in [-0.2, -0.15) is 0 Å². The number of hydrogen-bond acceptors (Lipinski definition) is 4. The first kappa shape index (κ1) is 28.1. The van der Waals surface area contributed by atoms with Crippen LogP contribution in [0.4, 0.5) is 8.78 Å². The summed E-state index contributed by atoms with van der Waals surface area (Å²) in [5.74, 6) is 0. The van der Waals surface area contributed by atoms with Crippen LogP contribution < -0.4 is 0 Å². The lowest BCUT2D eigenvalue weighted by atomic mass is 9.85. The summed E-state index contributed by atoms with van der Waals surface area (Å²) in [4.78, 5) is 0. The first-order valence-corrected chi connectivity index (χ1v) is 13.6. The molecule has 0 amide bonds. The van der Waals surface area contributed by atoms with Crippen LogP contribution in [-0.4, -0.2) is 36.8 Å². The maximum absolute atomic E-state index is 15.9. The minimum absolute atomic E-state index is 0.116. The predicted molar refractivity (Wildman–Crippen MR) is 150 cm³/mol. The average molecular weight is 545 g/mol. The summed E-state index contributed by atoms with van der Waals surface area (Å²) in [6.07, 6.45) is -8.18. The van der Waals surface area contributed by atoms with Crippen molar-refractivity contribution < 1.29 is 27.7 Å². The zero-order chi connectivity index (χ0) is 27.6. The molecule has 0 aromatic heterocycles. The molecule has 1 aliphatic carbocycles. The minimum Gasteiger partial charge on any atom is -0.368 e. The van der Waals surface area contributed by atoms with Crippen molar-refractivity contribution in [2.24, 2.45) is 0 Å². The molecule has 1 aliphatic rings. The zero-order valence-electron chi connectivity index (χ0n) is 22.2. The van der Waals surface area contributed by atoms with E-state index < -0.39 is 36.8 Å². The molecular weight excluding hydrogens is 510 g/mol. The quantitative estimate of drug-likeness (QED) is 0.192. The van der Waals surface area contributed by atoms with Gasteiger partial charge in [-0.05, 0) is 22.3 Å². The van der Waals surface area contributed by atoms with E-state index in [1.807, 2.05) is 121 Å². The molecule has 0 unspecified atom stereocenters. The van der Waals surface area contributed by atoms with Crippen LogP contribution in [0.3, 0.4) is 0 Å². The van der Waals surface area contributed by atoms with Crippen molar-refractivity contribution in [3.63, 3.8) is 0 Å². The van der Waals surface area contributed by atoms with Crippen molar-refractivity contribution in [1.82, 2.24) is 0 Å². The van der Waals surface area contributed by atoms with E-state index in [0.717, 1.165) is 22.3 Å². The molecule has 40 heavy (non-hydrogen) atoms. The summed E-state index contributed by atoms with van der Waals surface area (Å²) in [6.45, 7) is 0.615. The monoisotopic (exact) mass is 544 g/mol. The summed E-state index contributed by atoms with van der Waals surface area (Å²) in [6, 6.07) is 38.1. The Hall–Kier alpha value is -3.42. The molecule has 0 heterocycles. The number of halogens is 2. The van der Waals surface area contributed by atoms with Crippen molar-refractivity contribution >= 4 is 0 Å². The molecule has 1 fully saturated rings. The highest BCUT2D eigenvalue weighted by atomic mass is 19.2. The van der Waals surface area contributed by atoms with Crippen molar-refractivity contribution in [1.29, 1.82) is 0 Å². The number of benzene rings is 4. The minimum atomic E-state index is -1.97. The van der Waals surface area contributed by atoms with Crippen LogP contribution in [0.25, 0.3) is 0 Å². The Bertz CT molecular complexity index is 1160. The third-order valence-electron chi connectivity index (χ3n) is 7.04. The van der Waals surface area contributed by atoms with E-state index >= 15 is 8.78 Å². The van der Waals surface area contributed by atoms with Gasteiger partial charge in [-0.3, -0.25) is 0 Å². The zero-order valence-corrected chi connectivity index (χ0v) is 22.2. The molecule has 5 rings (SSSR count). The Labute approximate surface area is 234 Å². The molecule has 0 N–H and O–H groups in total. The van der Waals surface area contributed by atoms with Crippen molar-refractivity contribution in [2.45, 2.75) is 63.2 Å². The number of ether oxygens (including phenoxy) is 4. The molecule has 0 radical (unpaired) electrons. The van der Waals surface area contributed by atoms with Gasteiger partial charge in [0.05, 0.1) is 26.4 Å². The SMILES string of the molecule is F[C@@H]1[C@@H](F)[C@H](OCc2ccccc2)[C@@H](OCc2ccccc2)[C@H](OCc2ccccc2)[C@H]1OCc1ccccc1.